The highest BCUT2D eigenvalue weighted by Gasteiger charge is 2.38. The molecule has 0 spiro atoms. The largest absolute Gasteiger partial charge is 0.364 e. The van der Waals surface area contributed by atoms with Crippen LogP contribution in [0.1, 0.15) is 29.9 Å². The van der Waals surface area contributed by atoms with E-state index in [2.05, 4.69) is 10.3 Å². The van der Waals surface area contributed by atoms with Crippen molar-refractivity contribution in [1.82, 2.24) is 4.98 Å². The molecule has 0 saturated carbocycles. The molecule has 4 N–H and O–H groups in total. The second-order valence-corrected chi connectivity index (χ2v) is 5.11. The lowest BCUT2D eigenvalue weighted by Crippen LogP contribution is -2.26. The van der Waals surface area contributed by atoms with Crippen LogP contribution in [0.3, 0.4) is 0 Å². The van der Waals surface area contributed by atoms with Crippen LogP contribution >= 0.6 is 0 Å². The van der Waals surface area contributed by atoms with E-state index in [1.807, 2.05) is 26.0 Å². The molecule has 2 aromatic rings. The Balaban J connectivity index is 2.26. The van der Waals surface area contributed by atoms with E-state index < -0.39 is 11.3 Å². The third-order valence-corrected chi connectivity index (χ3v) is 3.51. The summed E-state index contributed by atoms with van der Waals surface area (Å²) in [6.45, 7) is 3.75. The summed E-state index contributed by atoms with van der Waals surface area (Å²) < 4.78 is 0. The fraction of sp³-hybridized carbons (Fsp3) is 0.231. The molecule has 1 aliphatic heterocycles. The molecule has 5 nitrogen and oxygen atoms in total. The topological polar surface area (TPSA) is 88.0 Å². The smallest absolute Gasteiger partial charge is 0.265 e. The predicted octanol–water partition coefficient (Wildman–Crippen LogP) is 1.50. The van der Waals surface area contributed by atoms with Gasteiger partial charge in [-0.3, -0.25) is 9.59 Å². The van der Waals surface area contributed by atoms with Crippen molar-refractivity contribution >= 4 is 28.4 Å². The number of aromatic amines is 1. The monoisotopic (exact) mass is 243 g/mol. The Hall–Kier alpha value is -2.30. The van der Waals surface area contributed by atoms with Gasteiger partial charge in [-0.05, 0) is 37.6 Å². The molecular formula is C13H13N3O2. The summed E-state index contributed by atoms with van der Waals surface area (Å²) in [5.74, 6) is -0.505. The van der Waals surface area contributed by atoms with Gasteiger partial charge in [-0.15, -0.1) is 0 Å². The molecule has 92 valence electrons. The summed E-state index contributed by atoms with van der Waals surface area (Å²) in [4.78, 5) is 25.9. The fourth-order valence-electron chi connectivity index (χ4n) is 2.33. The second kappa shape index (κ2) is 3.13. The Morgan fingerprint density at radius 2 is 2.00 bits per heavy atom. The third kappa shape index (κ3) is 1.27. The van der Waals surface area contributed by atoms with E-state index in [9.17, 15) is 9.59 Å². The maximum atomic E-state index is 11.8. The van der Waals surface area contributed by atoms with Gasteiger partial charge < -0.3 is 16.0 Å². The maximum absolute atomic E-state index is 11.8. The minimum Gasteiger partial charge on any atom is -0.364 e. The highest BCUT2D eigenvalue weighted by molar-refractivity contribution is 6.08. The lowest BCUT2D eigenvalue weighted by Gasteiger charge is -2.14. The van der Waals surface area contributed by atoms with Crippen molar-refractivity contribution in [2.75, 3.05) is 5.32 Å². The van der Waals surface area contributed by atoms with Gasteiger partial charge in [0.2, 0.25) is 5.91 Å². The van der Waals surface area contributed by atoms with Gasteiger partial charge in [0, 0.05) is 16.6 Å². The molecule has 1 aromatic carbocycles. The van der Waals surface area contributed by atoms with Crippen molar-refractivity contribution in [2.24, 2.45) is 5.73 Å². The molecular weight excluding hydrogens is 230 g/mol. The summed E-state index contributed by atoms with van der Waals surface area (Å²) in [6, 6.07) is 5.46. The molecule has 18 heavy (non-hydrogen) atoms. The van der Waals surface area contributed by atoms with Gasteiger partial charge in [-0.25, -0.2) is 0 Å². The van der Waals surface area contributed by atoms with E-state index in [0.29, 0.717) is 5.69 Å². The van der Waals surface area contributed by atoms with E-state index in [1.165, 1.54) is 0 Å². The Morgan fingerprint density at radius 1 is 1.28 bits per heavy atom. The standard InChI is InChI=1S/C13H13N3O2/c1-13(2)7-3-6-4-10(11(14)17)15-8(6)5-9(7)16-12(13)18/h3-5,15H,1-2H3,(H2,14,17)(H,16,18). The molecule has 1 aromatic heterocycles. The van der Waals surface area contributed by atoms with Gasteiger partial charge in [-0.1, -0.05) is 0 Å². The molecule has 5 heteroatoms. The Bertz CT molecular complexity index is 698. The second-order valence-electron chi connectivity index (χ2n) is 5.11. The maximum Gasteiger partial charge on any atom is 0.265 e. The van der Waals surface area contributed by atoms with Crippen LogP contribution in [0.15, 0.2) is 18.2 Å². The molecule has 0 radical (unpaired) electrons. The molecule has 0 bridgehead atoms. The van der Waals surface area contributed by atoms with Crippen LogP contribution in [0.25, 0.3) is 10.9 Å². The molecule has 2 amide bonds. The first-order valence-corrected chi connectivity index (χ1v) is 5.68. The summed E-state index contributed by atoms with van der Waals surface area (Å²) in [5, 5.41) is 3.72. The summed E-state index contributed by atoms with van der Waals surface area (Å²) in [7, 11) is 0. The van der Waals surface area contributed by atoms with Crippen LogP contribution in [0.4, 0.5) is 5.69 Å². The van der Waals surface area contributed by atoms with Crippen LogP contribution in [0.5, 0.6) is 0 Å². The first kappa shape index (κ1) is 10.8. The van der Waals surface area contributed by atoms with Crippen LogP contribution in [0.2, 0.25) is 0 Å². The summed E-state index contributed by atoms with van der Waals surface area (Å²) in [5.41, 5.74) is 7.58. The number of aromatic nitrogens is 1. The Labute approximate surface area is 103 Å². The van der Waals surface area contributed by atoms with Crippen molar-refractivity contribution in [3.05, 3.63) is 29.5 Å². The number of anilines is 1. The van der Waals surface area contributed by atoms with E-state index >= 15 is 0 Å². The number of nitrogens with two attached hydrogens (primary N) is 1. The number of primary amides is 1. The Kier molecular flexibility index (Phi) is 1.88. The van der Waals surface area contributed by atoms with E-state index in [4.69, 9.17) is 5.73 Å². The molecule has 3 rings (SSSR count). The normalized spacial score (nSPS) is 16.7. The summed E-state index contributed by atoms with van der Waals surface area (Å²) >= 11 is 0. The van der Waals surface area contributed by atoms with E-state index in [0.717, 1.165) is 22.2 Å². The first-order chi connectivity index (χ1) is 8.39. The number of nitrogens with one attached hydrogen (secondary N) is 2. The average molecular weight is 243 g/mol. The van der Waals surface area contributed by atoms with Crippen LogP contribution in [-0.4, -0.2) is 16.8 Å². The predicted molar refractivity (Wildman–Crippen MR) is 68.5 cm³/mol. The quantitative estimate of drug-likeness (QED) is 0.708. The average Bonchev–Trinajstić information content (AvgIpc) is 2.78. The lowest BCUT2D eigenvalue weighted by molar-refractivity contribution is -0.119. The number of hydrogen-bond acceptors (Lipinski definition) is 2. The number of rotatable bonds is 1. The van der Waals surface area contributed by atoms with Gasteiger partial charge in [-0.2, -0.15) is 0 Å². The highest BCUT2D eigenvalue weighted by Crippen LogP contribution is 2.39. The van der Waals surface area contributed by atoms with Crippen LogP contribution in [0, 0.1) is 0 Å². The molecule has 0 fully saturated rings. The van der Waals surface area contributed by atoms with Gasteiger partial charge in [0.25, 0.3) is 5.91 Å². The number of H-pyrrole nitrogens is 1. The van der Waals surface area contributed by atoms with Crippen LogP contribution in [-0.2, 0) is 10.2 Å². The molecule has 0 saturated heterocycles. The van der Waals surface area contributed by atoms with Gasteiger partial charge in [0.1, 0.15) is 5.69 Å². The molecule has 1 aliphatic rings. The SMILES string of the molecule is CC1(C)C(=O)Nc2cc3[nH]c(C(N)=O)cc3cc21. The zero-order chi connectivity index (χ0) is 13.1. The lowest BCUT2D eigenvalue weighted by atomic mass is 9.86. The number of fused-ring (bicyclic) bond motifs is 2. The van der Waals surface area contributed by atoms with Crippen molar-refractivity contribution in [3.63, 3.8) is 0 Å². The molecule has 0 atom stereocenters. The van der Waals surface area contributed by atoms with E-state index in [1.54, 1.807) is 6.07 Å². The van der Waals surface area contributed by atoms with Gasteiger partial charge in [0.15, 0.2) is 0 Å². The number of hydrogen-bond donors (Lipinski definition) is 3. The van der Waals surface area contributed by atoms with E-state index in [-0.39, 0.29) is 5.91 Å². The minimum absolute atomic E-state index is 0.0136. The highest BCUT2D eigenvalue weighted by atomic mass is 16.2. The van der Waals surface area contributed by atoms with Gasteiger partial charge >= 0.3 is 0 Å². The summed E-state index contributed by atoms with van der Waals surface area (Å²) in [6.07, 6.45) is 0. The number of carbonyl (C=O) groups is 2. The van der Waals surface area contributed by atoms with Crippen molar-refractivity contribution in [1.29, 1.82) is 0 Å². The molecule has 2 heterocycles. The molecule has 0 unspecified atom stereocenters. The fourth-order valence-corrected chi connectivity index (χ4v) is 2.33. The van der Waals surface area contributed by atoms with Crippen LogP contribution < -0.4 is 11.1 Å². The number of benzene rings is 1. The third-order valence-electron chi connectivity index (χ3n) is 3.51. The zero-order valence-electron chi connectivity index (χ0n) is 10.1. The Morgan fingerprint density at radius 3 is 2.67 bits per heavy atom. The van der Waals surface area contributed by atoms with Crippen molar-refractivity contribution in [3.8, 4) is 0 Å². The van der Waals surface area contributed by atoms with Gasteiger partial charge in [0.05, 0.1) is 5.41 Å². The number of amides is 2. The molecule has 0 aliphatic carbocycles. The minimum atomic E-state index is -0.548. The van der Waals surface area contributed by atoms with Crippen molar-refractivity contribution in [2.45, 2.75) is 19.3 Å². The zero-order valence-corrected chi connectivity index (χ0v) is 10.1. The first-order valence-electron chi connectivity index (χ1n) is 5.68. The van der Waals surface area contributed by atoms with Crippen molar-refractivity contribution < 1.29 is 9.59 Å². The number of carbonyl (C=O) groups excluding carboxylic acids is 2.